The largest absolute Gasteiger partial charge is 0.486 e. The fourth-order valence-corrected chi connectivity index (χ4v) is 3.66. The molecule has 1 aromatic heterocycles. The van der Waals surface area contributed by atoms with Gasteiger partial charge in [-0.1, -0.05) is 11.6 Å². The molecule has 1 aliphatic rings. The van der Waals surface area contributed by atoms with Crippen LogP contribution in [-0.2, 0) is 27.2 Å². The van der Waals surface area contributed by atoms with Crippen LogP contribution in [0.5, 0.6) is 17.2 Å². The molecule has 0 radical (unpaired) electrons. The van der Waals surface area contributed by atoms with Gasteiger partial charge in [0.1, 0.15) is 11.6 Å². The molecule has 0 spiro atoms. The topological polar surface area (TPSA) is 146 Å². The van der Waals surface area contributed by atoms with Crippen LogP contribution in [0.1, 0.15) is 41.6 Å². The Hall–Kier alpha value is -4.66. The highest BCUT2D eigenvalue weighted by Gasteiger charge is 2.35. The molecule has 3 aromatic rings. The molecule has 0 atom stereocenters. The van der Waals surface area contributed by atoms with Crippen molar-refractivity contribution >= 4 is 35.1 Å². The molecule has 0 bridgehead atoms. The number of benzene rings is 2. The molecule has 2 aromatic carbocycles. The van der Waals surface area contributed by atoms with Gasteiger partial charge in [0.15, 0.2) is 18.2 Å². The van der Waals surface area contributed by atoms with Gasteiger partial charge in [0.2, 0.25) is 0 Å². The van der Waals surface area contributed by atoms with Gasteiger partial charge < -0.3 is 24.6 Å². The Kier molecular flexibility index (Phi) is 8.99. The second kappa shape index (κ2) is 12.5. The Morgan fingerprint density at radius 1 is 1.07 bits per heavy atom. The summed E-state index contributed by atoms with van der Waals surface area (Å²) in [6, 6.07) is 5.26. The molecule has 1 heterocycles. The van der Waals surface area contributed by atoms with Gasteiger partial charge in [0, 0.05) is 12.1 Å². The molecule has 42 heavy (non-hydrogen) atoms. The van der Waals surface area contributed by atoms with Crippen LogP contribution in [0.4, 0.5) is 23.2 Å². The summed E-state index contributed by atoms with van der Waals surface area (Å²) in [5, 5.41) is 13.8. The van der Waals surface area contributed by atoms with Crippen LogP contribution < -0.4 is 20.3 Å². The minimum absolute atomic E-state index is 0.0798. The first-order valence-corrected chi connectivity index (χ1v) is 12.5. The number of esters is 1. The quantitative estimate of drug-likeness (QED) is 0.225. The minimum atomic E-state index is -4.91. The number of hydrogen-bond donors (Lipinski definition) is 2. The van der Waals surface area contributed by atoms with Gasteiger partial charge in [-0.15, -0.1) is 0 Å². The number of carbonyl (C=O) groups is 3. The lowest BCUT2D eigenvalue weighted by Gasteiger charge is -2.18. The van der Waals surface area contributed by atoms with E-state index in [-0.39, 0.29) is 23.3 Å². The number of nitrogens with one attached hydrogen (secondary N) is 1. The lowest BCUT2D eigenvalue weighted by atomic mass is 10.1. The van der Waals surface area contributed by atoms with Gasteiger partial charge in [-0.2, -0.15) is 23.0 Å². The van der Waals surface area contributed by atoms with Crippen LogP contribution in [0.25, 0.3) is 0 Å². The predicted octanol–water partition coefficient (Wildman–Crippen LogP) is 5.01. The normalized spacial score (nSPS) is 12.9. The maximum atomic E-state index is 13.8. The number of carboxylic acid groups (broad SMARTS) is 1. The smallest absolute Gasteiger partial charge is 0.417 e. The van der Waals surface area contributed by atoms with Crippen LogP contribution >= 0.6 is 11.6 Å². The third-order valence-electron chi connectivity index (χ3n) is 5.58. The van der Waals surface area contributed by atoms with E-state index in [0.717, 1.165) is 36.5 Å². The van der Waals surface area contributed by atoms with E-state index < -0.39 is 76.9 Å². The number of aromatic nitrogens is 2. The van der Waals surface area contributed by atoms with Gasteiger partial charge >= 0.3 is 18.1 Å². The summed E-state index contributed by atoms with van der Waals surface area (Å²) in [7, 11) is 0. The van der Waals surface area contributed by atoms with Crippen molar-refractivity contribution in [1.82, 2.24) is 9.78 Å². The van der Waals surface area contributed by atoms with E-state index in [0.29, 0.717) is 23.6 Å². The standard InChI is InChI=1S/C26H20ClF4N3O8/c27-18-9-16(25(39)33-14-8-22(35)34(32-11-14)12-40-24(38)6-5-23(36)37)20(10-17(18)26(29,30)31)42-19-4-1-13(28)7-21(19)41-15-2-3-15/h1,4,7-11,15H,2-3,5-6,12H2,(H,33,39)(H,36,37). The van der Waals surface area contributed by atoms with Gasteiger partial charge in [-0.05, 0) is 37.1 Å². The van der Waals surface area contributed by atoms with Crippen molar-refractivity contribution in [3.63, 3.8) is 0 Å². The van der Waals surface area contributed by atoms with Gasteiger partial charge in [0.05, 0.1) is 47.0 Å². The zero-order chi connectivity index (χ0) is 30.6. The summed E-state index contributed by atoms with van der Waals surface area (Å²) in [4.78, 5) is 47.6. The number of anilines is 1. The van der Waals surface area contributed by atoms with Crippen LogP contribution in [0, 0.1) is 5.82 Å². The van der Waals surface area contributed by atoms with Gasteiger partial charge in [-0.3, -0.25) is 19.2 Å². The van der Waals surface area contributed by atoms with Crippen molar-refractivity contribution in [3.05, 3.63) is 74.9 Å². The second-order valence-corrected chi connectivity index (χ2v) is 9.32. The van der Waals surface area contributed by atoms with Crippen molar-refractivity contribution in [2.45, 2.75) is 44.7 Å². The number of aliphatic carboxylic acids is 1. The van der Waals surface area contributed by atoms with Crippen molar-refractivity contribution in [3.8, 4) is 17.2 Å². The van der Waals surface area contributed by atoms with Crippen LogP contribution in [0.15, 0.2) is 47.4 Å². The fraction of sp³-hybridized carbons (Fsp3) is 0.269. The minimum Gasteiger partial charge on any atom is -0.486 e. The Balaban J connectivity index is 1.58. The third kappa shape index (κ3) is 7.96. The Labute approximate surface area is 238 Å². The van der Waals surface area contributed by atoms with E-state index in [2.05, 4.69) is 10.4 Å². The lowest BCUT2D eigenvalue weighted by molar-refractivity contribution is -0.151. The first-order chi connectivity index (χ1) is 19.8. The van der Waals surface area contributed by atoms with E-state index in [1.807, 2.05) is 0 Å². The predicted molar refractivity (Wildman–Crippen MR) is 136 cm³/mol. The zero-order valence-electron chi connectivity index (χ0n) is 21.2. The molecule has 4 rings (SSSR count). The fourth-order valence-electron chi connectivity index (χ4n) is 3.39. The van der Waals surface area contributed by atoms with Gasteiger partial charge in [-0.25, -0.2) is 4.39 Å². The number of halogens is 5. The molecule has 1 amide bonds. The maximum Gasteiger partial charge on any atom is 0.417 e. The molecule has 16 heteroatoms. The first kappa shape index (κ1) is 30.3. The molecule has 0 unspecified atom stereocenters. The summed E-state index contributed by atoms with van der Waals surface area (Å²) in [5.74, 6) is -4.64. The zero-order valence-corrected chi connectivity index (χ0v) is 22.0. The van der Waals surface area contributed by atoms with E-state index in [1.54, 1.807) is 0 Å². The highest BCUT2D eigenvalue weighted by Crippen LogP contribution is 2.42. The third-order valence-corrected chi connectivity index (χ3v) is 5.89. The maximum absolute atomic E-state index is 13.8. The molecular weight excluding hydrogens is 594 g/mol. The average molecular weight is 614 g/mol. The number of nitrogens with zero attached hydrogens (tertiary/aromatic N) is 2. The number of ether oxygens (including phenoxy) is 3. The monoisotopic (exact) mass is 613 g/mol. The molecule has 11 nitrogen and oxygen atoms in total. The molecule has 1 fully saturated rings. The van der Waals surface area contributed by atoms with Crippen molar-refractivity contribution < 1.29 is 51.3 Å². The van der Waals surface area contributed by atoms with Crippen LogP contribution in [0.2, 0.25) is 5.02 Å². The lowest BCUT2D eigenvalue weighted by Crippen LogP contribution is -2.26. The molecule has 222 valence electrons. The molecule has 1 aliphatic carbocycles. The number of rotatable bonds is 11. The van der Waals surface area contributed by atoms with E-state index in [9.17, 15) is 36.7 Å². The number of carbonyl (C=O) groups excluding carboxylic acids is 2. The number of carboxylic acids is 1. The van der Waals surface area contributed by atoms with E-state index in [4.69, 9.17) is 30.9 Å². The number of alkyl halides is 3. The molecule has 1 saturated carbocycles. The summed E-state index contributed by atoms with van der Waals surface area (Å²) in [5.41, 5.74) is -2.79. The Bertz CT molecular complexity index is 1590. The highest BCUT2D eigenvalue weighted by atomic mass is 35.5. The summed E-state index contributed by atoms with van der Waals surface area (Å²) >= 11 is 5.84. The number of hydrogen-bond acceptors (Lipinski definition) is 8. The van der Waals surface area contributed by atoms with E-state index in [1.165, 1.54) is 0 Å². The molecular formula is C26H20ClF4N3O8. The average Bonchev–Trinajstić information content (AvgIpc) is 3.72. The van der Waals surface area contributed by atoms with E-state index >= 15 is 0 Å². The molecule has 0 aliphatic heterocycles. The van der Waals surface area contributed by atoms with Crippen molar-refractivity contribution in [2.24, 2.45) is 0 Å². The molecule has 0 saturated heterocycles. The van der Waals surface area contributed by atoms with Crippen molar-refractivity contribution in [2.75, 3.05) is 5.32 Å². The Morgan fingerprint density at radius 2 is 1.81 bits per heavy atom. The first-order valence-electron chi connectivity index (χ1n) is 12.1. The van der Waals surface area contributed by atoms with Gasteiger partial charge in [0.25, 0.3) is 11.5 Å². The van der Waals surface area contributed by atoms with Crippen LogP contribution in [-0.4, -0.2) is 38.8 Å². The summed E-state index contributed by atoms with van der Waals surface area (Å²) in [6.07, 6.45) is -3.63. The number of amides is 1. The van der Waals surface area contributed by atoms with Crippen LogP contribution in [0.3, 0.4) is 0 Å². The SMILES string of the molecule is O=C(O)CCC(=O)OCn1ncc(NC(=O)c2cc(Cl)c(C(F)(F)F)cc2Oc2ccc(F)cc2OC2CC2)cc1=O. The highest BCUT2D eigenvalue weighted by molar-refractivity contribution is 6.32. The Morgan fingerprint density at radius 3 is 2.45 bits per heavy atom. The molecule has 2 N–H and O–H groups in total. The second-order valence-electron chi connectivity index (χ2n) is 8.91. The summed E-state index contributed by atoms with van der Waals surface area (Å²) in [6.45, 7) is -0.638. The summed E-state index contributed by atoms with van der Waals surface area (Å²) < 4.78 is 71.4. The van der Waals surface area contributed by atoms with Crippen molar-refractivity contribution in [1.29, 1.82) is 0 Å².